The lowest BCUT2D eigenvalue weighted by Gasteiger charge is -2.22. The van der Waals surface area contributed by atoms with Crippen LogP contribution in [0.15, 0.2) is 18.2 Å². The molecule has 1 fully saturated rings. The molecule has 0 atom stereocenters. The van der Waals surface area contributed by atoms with Gasteiger partial charge in [-0.1, -0.05) is 12.1 Å². The minimum atomic E-state index is -1.29. The van der Waals surface area contributed by atoms with E-state index < -0.39 is 5.79 Å². The van der Waals surface area contributed by atoms with Gasteiger partial charge in [-0.2, -0.15) is 0 Å². The topological polar surface area (TPSA) is 55.8 Å². The monoisotopic (exact) mass is 275 g/mol. The van der Waals surface area contributed by atoms with E-state index in [-0.39, 0.29) is 11.7 Å². The second-order valence-corrected chi connectivity index (χ2v) is 5.19. The highest BCUT2D eigenvalue weighted by Gasteiger charge is 2.56. The van der Waals surface area contributed by atoms with Crippen molar-refractivity contribution in [2.24, 2.45) is 0 Å². The van der Waals surface area contributed by atoms with Gasteiger partial charge in [0.1, 0.15) is 5.78 Å². The molecule has 2 aliphatic heterocycles. The van der Waals surface area contributed by atoms with E-state index in [1.807, 2.05) is 18.2 Å². The second kappa shape index (κ2) is 4.68. The van der Waals surface area contributed by atoms with Crippen LogP contribution in [-0.4, -0.2) is 32.0 Å². The third-order valence-corrected chi connectivity index (χ3v) is 3.85. The number of ketones is 1. The molecule has 5 heteroatoms. The molecule has 0 bridgehead atoms. The maximum atomic E-state index is 12.5. The summed E-state index contributed by atoms with van der Waals surface area (Å²) >= 11 is 0. The van der Waals surface area contributed by atoms with Crippen LogP contribution in [0.25, 0.3) is 0 Å². The number of benzene rings is 1. The van der Waals surface area contributed by atoms with Crippen LogP contribution >= 0.6 is 0 Å². The minimum absolute atomic E-state index is 0.127. The van der Waals surface area contributed by atoms with Crippen molar-refractivity contribution in [3.8, 4) is 0 Å². The molecule has 0 unspecified atom stereocenters. The Labute approximate surface area is 117 Å². The normalized spacial score (nSPS) is 19.7. The molecule has 2 heterocycles. The van der Waals surface area contributed by atoms with E-state index in [0.29, 0.717) is 26.1 Å². The van der Waals surface area contributed by atoms with Gasteiger partial charge >= 0.3 is 0 Å². The van der Waals surface area contributed by atoms with Gasteiger partial charge in [0.25, 0.3) is 11.7 Å². The maximum absolute atomic E-state index is 12.5. The number of fused-ring (bicyclic) bond motifs is 2. The summed E-state index contributed by atoms with van der Waals surface area (Å²) in [6, 6.07) is 5.71. The number of carbonyl (C=O) groups excluding carboxylic acids is 2. The average Bonchev–Trinajstić information content (AvgIpc) is 2.99. The highest BCUT2D eigenvalue weighted by molar-refractivity contribution is 6.06. The van der Waals surface area contributed by atoms with E-state index >= 15 is 0 Å². The van der Waals surface area contributed by atoms with Crippen molar-refractivity contribution < 1.29 is 19.1 Å². The van der Waals surface area contributed by atoms with Crippen LogP contribution in [0.3, 0.4) is 0 Å². The van der Waals surface area contributed by atoms with Crippen molar-refractivity contribution in [3.63, 3.8) is 0 Å². The Balaban J connectivity index is 2.09. The summed E-state index contributed by atoms with van der Waals surface area (Å²) < 4.78 is 11.3. The summed E-state index contributed by atoms with van der Waals surface area (Å²) in [5.41, 5.74) is 2.52. The minimum Gasteiger partial charge on any atom is -0.336 e. The molecule has 0 radical (unpaired) electrons. The number of hydrogen-bond donors (Lipinski definition) is 0. The largest absolute Gasteiger partial charge is 0.336 e. The standard InChI is InChI=1S/C15H17NO4/c1-10(17)6-7-11-4-3-5-12-13(11)15(14(18)16(12)2)19-8-9-20-15/h3-5H,6-9H2,1-2H3. The quantitative estimate of drug-likeness (QED) is 0.836. The number of carbonyl (C=O) groups is 2. The van der Waals surface area contributed by atoms with Crippen molar-refractivity contribution in [1.29, 1.82) is 0 Å². The predicted octanol–water partition coefficient (Wildman–Crippen LogP) is 1.38. The molecule has 0 aromatic heterocycles. The number of ether oxygens (including phenoxy) is 2. The van der Waals surface area contributed by atoms with Crippen molar-refractivity contribution in [2.45, 2.75) is 25.6 Å². The molecule has 1 spiro atoms. The number of Topliss-reactive ketones (excluding diaryl/α,β-unsaturated/α-hetero) is 1. The first kappa shape index (κ1) is 13.3. The van der Waals surface area contributed by atoms with Crippen LogP contribution in [-0.2, 0) is 31.3 Å². The summed E-state index contributed by atoms with van der Waals surface area (Å²) in [5.74, 6) is -1.36. The molecule has 0 saturated carbocycles. The fraction of sp³-hybridized carbons (Fsp3) is 0.467. The van der Waals surface area contributed by atoms with E-state index in [1.165, 1.54) is 0 Å². The Morgan fingerprint density at radius 3 is 2.70 bits per heavy atom. The summed E-state index contributed by atoms with van der Waals surface area (Å²) in [4.78, 5) is 25.3. The fourth-order valence-corrected chi connectivity index (χ4v) is 2.88. The number of aryl methyl sites for hydroxylation is 1. The first-order valence-corrected chi connectivity index (χ1v) is 6.74. The number of rotatable bonds is 3. The van der Waals surface area contributed by atoms with Gasteiger partial charge in [-0.3, -0.25) is 4.79 Å². The molecule has 2 aliphatic rings. The van der Waals surface area contributed by atoms with E-state index in [1.54, 1.807) is 18.9 Å². The smallest absolute Gasteiger partial charge is 0.292 e. The van der Waals surface area contributed by atoms with E-state index in [9.17, 15) is 9.59 Å². The van der Waals surface area contributed by atoms with Gasteiger partial charge in [0, 0.05) is 19.0 Å². The van der Waals surface area contributed by atoms with E-state index in [4.69, 9.17) is 9.47 Å². The Bertz CT molecular complexity index is 575. The van der Waals surface area contributed by atoms with Crippen molar-refractivity contribution in [1.82, 2.24) is 0 Å². The zero-order chi connectivity index (χ0) is 14.3. The average molecular weight is 275 g/mol. The summed E-state index contributed by atoms with van der Waals surface area (Å²) in [7, 11) is 1.72. The van der Waals surface area contributed by atoms with Crippen molar-refractivity contribution in [2.75, 3.05) is 25.2 Å². The van der Waals surface area contributed by atoms with E-state index in [2.05, 4.69) is 0 Å². The Hall–Kier alpha value is -1.72. The first-order valence-electron chi connectivity index (χ1n) is 6.74. The lowest BCUT2D eigenvalue weighted by atomic mass is 9.96. The molecule has 1 saturated heterocycles. The number of nitrogens with zero attached hydrogens (tertiary/aromatic N) is 1. The lowest BCUT2D eigenvalue weighted by molar-refractivity contribution is -0.180. The van der Waals surface area contributed by atoms with Gasteiger partial charge < -0.3 is 19.2 Å². The highest BCUT2D eigenvalue weighted by Crippen LogP contribution is 2.46. The van der Waals surface area contributed by atoms with Crippen LogP contribution in [0.5, 0.6) is 0 Å². The van der Waals surface area contributed by atoms with Gasteiger partial charge in [-0.05, 0) is 25.0 Å². The van der Waals surface area contributed by atoms with Crippen LogP contribution in [0, 0.1) is 0 Å². The zero-order valence-electron chi connectivity index (χ0n) is 11.6. The van der Waals surface area contributed by atoms with Crippen molar-refractivity contribution >= 4 is 17.4 Å². The van der Waals surface area contributed by atoms with Crippen LogP contribution in [0.4, 0.5) is 5.69 Å². The highest BCUT2D eigenvalue weighted by atomic mass is 16.7. The zero-order valence-corrected chi connectivity index (χ0v) is 11.6. The molecular weight excluding hydrogens is 258 g/mol. The van der Waals surface area contributed by atoms with Crippen molar-refractivity contribution in [3.05, 3.63) is 29.3 Å². The molecule has 20 heavy (non-hydrogen) atoms. The lowest BCUT2D eigenvalue weighted by Crippen LogP contribution is -2.39. The van der Waals surface area contributed by atoms with Crippen LogP contribution in [0.2, 0.25) is 0 Å². The molecule has 106 valence electrons. The maximum Gasteiger partial charge on any atom is 0.292 e. The molecule has 5 nitrogen and oxygen atoms in total. The molecular formula is C15H17NO4. The molecule has 0 N–H and O–H groups in total. The molecule has 1 amide bonds. The molecule has 1 aromatic rings. The van der Waals surface area contributed by atoms with Gasteiger partial charge in [0.05, 0.1) is 18.9 Å². The third-order valence-electron chi connectivity index (χ3n) is 3.85. The van der Waals surface area contributed by atoms with Gasteiger partial charge in [0.2, 0.25) is 0 Å². The summed E-state index contributed by atoms with van der Waals surface area (Å²) in [6.45, 7) is 2.37. The number of hydrogen-bond acceptors (Lipinski definition) is 4. The number of likely N-dealkylation sites (N-methyl/N-ethyl adjacent to an activating group) is 1. The predicted molar refractivity (Wildman–Crippen MR) is 72.4 cm³/mol. The SMILES string of the molecule is CC(=O)CCc1cccc2c1C1(OCCO1)C(=O)N2C. The Morgan fingerprint density at radius 2 is 2.05 bits per heavy atom. The number of anilines is 1. The van der Waals surface area contributed by atoms with E-state index in [0.717, 1.165) is 16.8 Å². The van der Waals surface area contributed by atoms with Gasteiger partial charge in [-0.15, -0.1) is 0 Å². The first-order chi connectivity index (χ1) is 9.56. The summed E-state index contributed by atoms with van der Waals surface area (Å²) in [5, 5.41) is 0. The van der Waals surface area contributed by atoms with Gasteiger partial charge in [-0.25, -0.2) is 0 Å². The Kier molecular flexibility index (Phi) is 3.11. The fourth-order valence-electron chi connectivity index (χ4n) is 2.88. The molecule has 3 rings (SSSR count). The third kappa shape index (κ3) is 1.77. The van der Waals surface area contributed by atoms with Gasteiger partial charge in [0.15, 0.2) is 0 Å². The molecule has 0 aliphatic carbocycles. The Morgan fingerprint density at radius 1 is 1.35 bits per heavy atom. The molecule has 1 aromatic carbocycles. The van der Waals surface area contributed by atoms with Crippen LogP contribution < -0.4 is 4.90 Å². The number of amides is 1. The summed E-state index contributed by atoms with van der Waals surface area (Å²) in [6.07, 6.45) is 1.04. The second-order valence-electron chi connectivity index (χ2n) is 5.19. The van der Waals surface area contributed by atoms with Crippen LogP contribution in [0.1, 0.15) is 24.5 Å².